The van der Waals surface area contributed by atoms with Gasteiger partial charge >= 0.3 is 0 Å². The van der Waals surface area contributed by atoms with Crippen LogP contribution in [0.25, 0.3) is 0 Å². The Kier molecular flexibility index (Phi) is 6.22. The Labute approximate surface area is 144 Å². The number of morpholine rings is 1. The van der Waals surface area contributed by atoms with Crippen molar-refractivity contribution in [2.75, 3.05) is 38.6 Å². The van der Waals surface area contributed by atoms with Gasteiger partial charge < -0.3 is 19.4 Å². The minimum Gasteiger partial charge on any atom is -0.414 e. The summed E-state index contributed by atoms with van der Waals surface area (Å²) in [5.74, 6) is 1.19. The molecule has 0 atom stereocenters. The number of rotatable bonds is 7. The van der Waals surface area contributed by atoms with Gasteiger partial charge in [-0.05, 0) is 12.1 Å². The van der Waals surface area contributed by atoms with Crippen LogP contribution in [0.2, 0.25) is 0 Å². The number of carbonyl (C=O) groups is 1. The van der Waals surface area contributed by atoms with Crippen molar-refractivity contribution in [1.82, 2.24) is 15.5 Å². The third kappa shape index (κ3) is 5.05. The van der Waals surface area contributed by atoms with E-state index in [9.17, 15) is 4.79 Å². The maximum absolute atomic E-state index is 12.0. The zero-order valence-corrected chi connectivity index (χ0v) is 14.2. The summed E-state index contributed by atoms with van der Waals surface area (Å²) in [5.41, 5.74) is 0.611. The molecule has 24 heavy (non-hydrogen) atoms. The van der Waals surface area contributed by atoms with Crippen LogP contribution in [0.1, 0.15) is 16.2 Å². The van der Waals surface area contributed by atoms with E-state index in [-0.39, 0.29) is 12.5 Å². The van der Waals surface area contributed by atoms with Crippen LogP contribution < -0.4 is 10.2 Å². The van der Waals surface area contributed by atoms with E-state index in [1.807, 2.05) is 18.2 Å². The lowest BCUT2D eigenvalue weighted by Crippen LogP contribution is -3.14. The molecule has 1 saturated heterocycles. The highest BCUT2D eigenvalue weighted by Gasteiger charge is 2.14. The van der Waals surface area contributed by atoms with E-state index in [4.69, 9.17) is 9.15 Å². The van der Waals surface area contributed by atoms with Crippen LogP contribution in [0.15, 0.2) is 40.0 Å². The van der Waals surface area contributed by atoms with Crippen LogP contribution in [0.4, 0.5) is 0 Å². The van der Waals surface area contributed by atoms with Crippen molar-refractivity contribution in [3.63, 3.8) is 0 Å². The van der Waals surface area contributed by atoms with Gasteiger partial charge in [0.2, 0.25) is 5.89 Å². The molecule has 2 aromatic rings. The third-order valence-corrected chi connectivity index (χ3v) is 4.59. The lowest BCUT2D eigenvalue weighted by atomic mass is 10.2. The zero-order chi connectivity index (χ0) is 16.6. The Morgan fingerprint density at radius 2 is 2.00 bits per heavy atom. The summed E-state index contributed by atoms with van der Waals surface area (Å²) in [5, 5.41) is 11.3. The topological polar surface area (TPSA) is 81.7 Å². The smallest absolute Gasteiger partial charge is 0.276 e. The number of hydrogen-bond acceptors (Lipinski definition) is 6. The van der Waals surface area contributed by atoms with Gasteiger partial charge in [-0.15, -0.1) is 10.2 Å². The van der Waals surface area contributed by atoms with E-state index in [0.29, 0.717) is 16.7 Å². The van der Waals surface area contributed by atoms with E-state index < -0.39 is 0 Å². The summed E-state index contributed by atoms with van der Waals surface area (Å²) < 4.78 is 10.9. The normalized spacial score (nSPS) is 15.3. The Hall–Kier alpha value is -1.90. The highest BCUT2D eigenvalue weighted by Crippen LogP contribution is 2.14. The summed E-state index contributed by atoms with van der Waals surface area (Å²) >= 11 is 1.55. The van der Waals surface area contributed by atoms with Gasteiger partial charge in [0.05, 0.1) is 32.1 Å². The number of benzene rings is 1. The highest BCUT2D eigenvalue weighted by molar-refractivity contribution is 7.99. The molecule has 128 valence electrons. The van der Waals surface area contributed by atoms with Gasteiger partial charge in [-0.25, -0.2) is 0 Å². The summed E-state index contributed by atoms with van der Waals surface area (Å²) in [7, 11) is 0. The van der Waals surface area contributed by atoms with Crippen LogP contribution in [0, 0.1) is 0 Å². The summed E-state index contributed by atoms with van der Waals surface area (Å²) in [6.07, 6.45) is 0. The molecule has 1 aliphatic rings. The zero-order valence-electron chi connectivity index (χ0n) is 13.4. The lowest BCUT2D eigenvalue weighted by Gasteiger charge is -2.23. The van der Waals surface area contributed by atoms with Crippen molar-refractivity contribution < 1.29 is 18.8 Å². The van der Waals surface area contributed by atoms with E-state index in [1.54, 1.807) is 28.8 Å². The van der Waals surface area contributed by atoms with Crippen LogP contribution in [-0.2, 0) is 11.3 Å². The molecule has 3 rings (SSSR count). The number of hydrogen-bond donors (Lipinski definition) is 2. The van der Waals surface area contributed by atoms with E-state index >= 15 is 0 Å². The largest absolute Gasteiger partial charge is 0.414 e. The van der Waals surface area contributed by atoms with Crippen molar-refractivity contribution in [2.24, 2.45) is 0 Å². The molecule has 0 aliphatic carbocycles. The Balaban J connectivity index is 1.39. The molecule has 1 aromatic heterocycles. The first-order chi connectivity index (χ1) is 11.8. The minimum atomic E-state index is -0.154. The summed E-state index contributed by atoms with van der Waals surface area (Å²) in [4.78, 5) is 13.5. The Morgan fingerprint density at radius 3 is 2.79 bits per heavy atom. The molecule has 1 aliphatic heterocycles. The number of nitrogens with zero attached hydrogens (tertiary/aromatic N) is 2. The average molecular weight is 349 g/mol. The average Bonchev–Trinajstić information content (AvgIpc) is 3.09. The van der Waals surface area contributed by atoms with Crippen LogP contribution >= 0.6 is 11.8 Å². The fourth-order valence-electron chi connectivity index (χ4n) is 2.41. The number of aromatic nitrogens is 2. The van der Waals surface area contributed by atoms with E-state index in [0.717, 1.165) is 38.6 Å². The molecule has 8 heteroatoms. The fourth-order valence-corrected chi connectivity index (χ4v) is 3.23. The van der Waals surface area contributed by atoms with Gasteiger partial charge in [0.25, 0.3) is 11.1 Å². The number of ether oxygens (including phenoxy) is 1. The first-order valence-electron chi connectivity index (χ1n) is 8.01. The van der Waals surface area contributed by atoms with Gasteiger partial charge in [-0.1, -0.05) is 30.0 Å². The number of nitrogens with one attached hydrogen (secondary N) is 2. The molecule has 0 spiro atoms. The molecule has 1 fully saturated rings. The summed E-state index contributed by atoms with van der Waals surface area (Å²) in [6.45, 7) is 5.08. The predicted molar refractivity (Wildman–Crippen MR) is 89.0 cm³/mol. The van der Waals surface area contributed by atoms with Crippen molar-refractivity contribution in [3.8, 4) is 0 Å². The van der Waals surface area contributed by atoms with Crippen molar-refractivity contribution in [2.45, 2.75) is 11.8 Å². The molecular formula is C16H21N4O3S+. The van der Waals surface area contributed by atoms with E-state index in [2.05, 4.69) is 15.5 Å². The second-order valence-corrected chi connectivity index (χ2v) is 6.52. The maximum Gasteiger partial charge on any atom is 0.276 e. The number of quaternary nitrogens is 1. The minimum absolute atomic E-state index is 0.154. The van der Waals surface area contributed by atoms with Crippen molar-refractivity contribution in [1.29, 1.82) is 0 Å². The van der Waals surface area contributed by atoms with Gasteiger partial charge in [0, 0.05) is 5.56 Å². The quantitative estimate of drug-likeness (QED) is 0.685. The van der Waals surface area contributed by atoms with Crippen LogP contribution in [-0.4, -0.2) is 54.7 Å². The van der Waals surface area contributed by atoms with Gasteiger partial charge in [0.15, 0.2) is 0 Å². The number of carbonyl (C=O) groups excluding carboxylic acids is 1. The van der Waals surface area contributed by atoms with E-state index in [1.165, 1.54) is 0 Å². The molecule has 0 radical (unpaired) electrons. The van der Waals surface area contributed by atoms with Crippen molar-refractivity contribution in [3.05, 3.63) is 41.8 Å². The monoisotopic (exact) mass is 349 g/mol. The number of thioether (sulfide) groups is 1. The second kappa shape index (κ2) is 8.81. The molecule has 2 heterocycles. The molecule has 7 nitrogen and oxygen atoms in total. The molecule has 1 amide bonds. The number of amides is 1. The predicted octanol–water partition coefficient (Wildman–Crippen LogP) is 0.00680. The first kappa shape index (κ1) is 16.9. The first-order valence-corrected chi connectivity index (χ1v) is 8.99. The molecule has 0 bridgehead atoms. The van der Waals surface area contributed by atoms with Crippen LogP contribution in [0.5, 0.6) is 0 Å². The summed E-state index contributed by atoms with van der Waals surface area (Å²) in [6, 6.07) is 9.05. The fraction of sp³-hybridized carbons (Fsp3) is 0.438. The lowest BCUT2D eigenvalue weighted by molar-refractivity contribution is -0.905. The van der Waals surface area contributed by atoms with Crippen LogP contribution in [0.3, 0.4) is 0 Å². The van der Waals surface area contributed by atoms with Gasteiger partial charge in [-0.3, -0.25) is 4.79 Å². The SMILES string of the molecule is O=C(NCc1nnc(SCC[NH+]2CCOCC2)o1)c1ccccc1. The molecule has 0 saturated carbocycles. The second-order valence-electron chi connectivity index (χ2n) is 5.47. The Bertz CT molecular complexity index is 644. The van der Waals surface area contributed by atoms with Gasteiger partial charge in [0.1, 0.15) is 13.1 Å². The third-order valence-electron chi connectivity index (χ3n) is 3.77. The van der Waals surface area contributed by atoms with Gasteiger partial charge in [-0.2, -0.15) is 0 Å². The molecule has 2 N–H and O–H groups in total. The standard InChI is InChI=1S/C16H20N4O3S/c21-15(13-4-2-1-3-5-13)17-12-14-18-19-16(23-14)24-11-8-20-6-9-22-10-7-20/h1-5H,6-12H2,(H,17,21)/p+1. The molecule has 1 aromatic carbocycles. The molecule has 0 unspecified atom stereocenters. The van der Waals surface area contributed by atoms with Crippen molar-refractivity contribution >= 4 is 17.7 Å². The Morgan fingerprint density at radius 1 is 1.21 bits per heavy atom. The highest BCUT2D eigenvalue weighted by atomic mass is 32.2. The maximum atomic E-state index is 12.0. The molecular weight excluding hydrogens is 328 g/mol.